The first-order chi connectivity index (χ1) is 7.24. The quantitative estimate of drug-likeness (QED) is 0.757. The van der Waals surface area contributed by atoms with Gasteiger partial charge in [0.05, 0.1) is 13.2 Å². The van der Waals surface area contributed by atoms with Crippen molar-refractivity contribution in [3.05, 3.63) is 29.3 Å². The Morgan fingerprint density at radius 2 is 2.00 bits per heavy atom. The van der Waals surface area contributed by atoms with Crippen LogP contribution in [0.1, 0.15) is 17.5 Å². The molecule has 0 bridgehead atoms. The Morgan fingerprint density at radius 3 is 2.60 bits per heavy atom. The summed E-state index contributed by atoms with van der Waals surface area (Å²) in [5, 5.41) is 0. The number of aryl methyl sites for hydroxylation is 2. The van der Waals surface area contributed by atoms with Crippen LogP contribution in [0, 0.1) is 19.8 Å². The highest BCUT2D eigenvalue weighted by Crippen LogP contribution is 2.19. The zero-order valence-corrected chi connectivity index (χ0v) is 9.45. The van der Waals surface area contributed by atoms with Crippen molar-refractivity contribution in [2.75, 3.05) is 19.8 Å². The molecule has 0 radical (unpaired) electrons. The highest BCUT2D eigenvalue weighted by molar-refractivity contribution is 5.32. The Morgan fingerprint density at radius 1 is 1.27 bits per heavy atom. The van der Waals surface area contributed by atoms with Crippen molar-refractivity contribution in [3.63, 3.8) is 0 Å². The monoisotopic (exact) mass is 206 g/mol. The summed E-state index contributed by atoms with van der Waals surface area (Å²) in [5.74, 6) is 1.56. The van der Waals surface area contributed by atoms with Gasteiger partial charge >= 0.3 is 0 Å². The lowest BCUT2D eigenvalue weighted by Crippen LogP contribution is -2.11. The number of rotatable bonds is 3. The topological polar surface area (TPSA) is 18.5 Å². The molecule has 0 spiro atoms. The lowest BCUT2D eigenvalue weighted by atomic mass is 10.1. The molecule has 1 atom stereocenters. The molecular formula is C13H18O2. The molecule has 1 fully saturated rings. The van der Waals surface area contributed by atoms with Gasteiger partial charge in [-0.05, 0) is 43.5 Å². The molecule has 1 aromatic carbocycles. The van der Waals surface area contributed by atoms with Gasteiger partial charge in [0.15, 0.2) is 0 Å². The molecule has 0 N–H and O–H groups in total. The fraction of sp³-hybridized carbons (Fsp3) is 0.538. The van der Waals surface area contributed by atoms with Gasteiger partial charge < -0.3 is 9.47 Å². The summed E-state index contributed by atoms with van der Waals surface area (Å²) < 4.78 is 11.1. The third-order valence-electron chi connectivity index (χ3n) is 2.70. The van der Waals surface area contributed by atoms with Crippen LogP contribution in [-0.4, -0.2) is 19.8 Å². The van der Waals surface area contributed by atoms with Crippen LogP contribution in [0.4, 0.5) is 0 Å². The zero-order valence-electron chi connectivity index (χ0n) is 9.45. The van der Waals surface area contributed by atoms with Crippen molar-refractivity contribution in [1.29, 1.82) is 0 Å². The normalized spacial score (nSPS) is 20.5. The van der Waals surface area contributed by atoms with Crippen molar-refractivity contribution >= 4 is 0 Å². The summed E-state index contributed by atoms with van der Waals surface area (Å²) in [6, 6.07) is 6.33. The molecule has 2 rings (SSSR count). The van der Waals surface area contributed by atoms with Crippen molar-refractivity contribution in [2.24, 2.45) is 5.92 Å². The van der Waals surface area contributed by atoms with Crippen LogP contribution in [0.3, 0.4) is 0 Å². The first-order valence-corrected chi connectivity index (χ1v) is 5.53. The Bertz CT molecular complexity index is 307. The lowest BCUT2D eigenvalue weighted by molar-refractivity contribution is 0.167. The molecule has 0 amide bonds. The highest BCUT2D eigenvalue weighted by atomic mass is 16.5. The Labute approximate surface area is 91.2 Å². The molecule has 0 aliphatic carbocycles. The molecule has 1 aromatic rings. The number of ether oxygens (including phenoxy) is 2. The second kappa shape index (κ2) is 4.67. The van der Waals surface area contributed by atoms with Gasteiger partial charge in [-0.2, -0.15) is 0 Å². The average molecular weight is 206 g/mol. The maximum absolute atomic E-state index is 5.77. The maximum atomic E-state index is 5.77. The second-order valence-corrected chi connectivity index (χ2v) is 4.36. The Hall–Kier alpha value is -1.02. The van der Waals surface area contributed by atoms with Crippen LogP contribution in [0.2, 0.25) is 0 Å². The van der Waals surface area contributed by atoms with E-state index in [0.717, 1.165) is 32.0 Å². The van der Waals surface area contributed by atoms with Gasteiger partial charge in [-0.15, -0.1) is 0 Å². The number of hydrogen-bond donors (Lipinski definition) is 0. The average Bonchev–Trinajstić information content (AvgIpc) is 2.65. The Balaban J connectivity index is 1.92. The number of benzene rings is 1. The van der Waals surface area contributed by atoms with E-state index in [1.165, 1.54) is 11.1 Å². The van der Waals surface area contributed by atoms with Crippen molar-refractivity contribution in [3.8, 4) is 5.75 Å². The van der Waals surface area contributed by atoms with Gasteiger partial charge in [-0.25, -0.2) is 0 Å². The summed E-state index contributed by atoms with van der Waals surface area (Å²) >= 11 is 0. The summed E-state index contributed by atoms with van der Waals surface area (Å²) in [5.41, 5.74) is 2.51. The SMILES string of the molecule is Cc1cc(C)cc(OCC2CCOC2)c1. The minimum atomic E-state index is 0.575. The van der Waals surface area contributed by atoms with Gasteiger partial charge in [0.1, 0.15) is 5.75 Å². The largest absolute Gasteiger partial charge is 0.493 e. The van der Waals surface area contributed by atoms with Crippen LogP contribution >= 0.6 is 0 Å². The molecule has 0 aromatic heterocycles. The third-order valence-corrected chi connectivity index (χ3v) is 2.70. The molecule has 2 nitrogen and oxygen atoms in total. The maximum Gasteiger partial charge on any atom is 0.119 e. The predicted molar refractivity (Wildman–Crippen MR) is 60.3 cm³/mol. The summed E-state index contributed by atoms with van der Waals surface area (Å²) in [4.78, 5) is 0. The van der Waals surface area contributed by atoms with Crippen LogP contribution in [0.15, 0.2) is 18.2 Å². The fourth-order valence-electron chi connectivity index (χ4n) is 1.95. The summed E-state index contributed by atoms with van der Waals surface area (Å²) in [6.07, 6.45) is 1.13. The molecule has 1 heterocycles. The van der Waals surface area contributed by atoms with Crippen molar-refractivity contribution in [1.82, 2.24) is 0 Å². The molecule has 1 aliphatic rings. The first-order valence-electron chi connectivity index (χ1n) is 5.53. The fourth-order valence-corrected chi connectivity index (χ4v) is 1.95. The van der Waals surface area contributed by atoms with Crippen LogP contribution in [-0.2, 0) is 4.74 Å². The summed E-state index contributed by atoms with van der Waals surface area (Å²) in [7, 11) is 0. The van der Waals surface area contributed by atoms with E-state index >= 15 is 0 Å². The molecule has 1 saturated heterocycles. The van der Waals surface area contributed by atoms with E-state index < -0.39 is 0 Å². The smallest absolute Gasteiger partial charge is 0.119 e. The van der Waals surface area contributed by atoms with Gasteiger partial charge in [0, 0.05) is 12.5 Å². The predicted octanol–water partition coefficient (Wildman–Crippen LogP) is 2.72. The van der Waals surface area contributed by atoms with E-state index in [1.807, 2.05) is 0 Å². The molecule has 0 saturated carbocycles. The molecule has 15 heavy (non-hydrogen) atoms. The van der Waals surface area contributed by atoms with E-state index in [1.54, 1.807) is 0 Å². The van der Waals surface area contributed by atoms with E-state index in [9.17, 15) is 0 Å². The van der Waals surface area contributed by atoms with E-state index in [4.69, 9.17) is 9.47 Å². The van der Waals surface area contributed by atoms with Gasteiger partial charge in [0.25, 0.3) is 0 Å². The van der Waals surface area contributed by atoms with E-state index in [2.05, 4.69) is 32.0 Å². The molecule has 82 valence electrons. The summed E-state index contributed by atoms with van der Waals surface area (Å²) in [6.45, 7) is 6.71. The van der Waals surface area contributed by atoms with Gasteiger partial charge in [-0.3, -0.25) is 0 Å². The van der Waals surface area contributed by atoms with E-state index in [-0.39, 0.29) is 0 Å². The molecule has 2 heteroatoms. The Kier molecular flexibility index (Phi) is 3.27. The zero-order chi connectivity index (χ0) is 10.7. The second-order valence-electron chi connectivity index (χ2n) is 4.36. The molecule has 1 aliphatic heterocycles. The third kappa shape index (κ3) is 2.96. The lowest BCUT2D eigenvalue weighted by Gasteiger charge is -2.11. The van der Waals surface area contributed by atoms with Crippen molar-refractivity contribution in [2.45, 2.75) is 20.3 Å². The van der Waals surface area contributed by atoms with Gasteiger partial charge in [-0.1, -0.05) is 6.07 Å². The minimum Gasteiger partial charge on any atom is -0.493 e. The molecule has 1 unspecified atom stereocenters. The molecular weight excluding hydrogens is 188 g/mol. The van der Waals surface area contributed by atoms with Crippen LogP contribution in [0.5, 0.6) is 5.75 Å². The highest BCUT2D eigenvalue weighted by Gasteiger charge is 2.16. The van der Waals surface area contributed by atoms with Crippen LogP contribution in [0.25, 0.3) is 0 Å². The first kappa shape index (κ1) is 10.5. The standard InChI is InChI=1S/C13H18O2/c1-10-5-11(2)7-13(6-10)15-9-12-3-4-14-8-12/h5-7,12H,3-4,8-9H2,1-2H3. The van der Waals surface area contributed by atoms with Gasteiger partial charge in [0.2, 0.25) is 0 Å². The van der Waals surface area contributed by atoms with Crippen LogP contribution < -0.4 is 4.74 Å². The minimum absolute atomic E-state index is 0.575. The number of hydrogen-bond acceptors (Lipinski definition) is 2. The van der Waals surface area contributed by atoms with E-state index in [0.29, 0.717) is 5.92 Å². The van der Waals surface area contributed by atoms with Crippen molar-refractivity contribution < 1.29 is 9.47 Å².